The molecule has 0 aliphatic carbocycles. The topological polar surface area (TPSA) is 3.24 Å². The summed E-state index contributed by atoms with van der Waals surface area (Å²) in [6, 6.07) is 0. The molecule has 0 unspecified atom stereocenters. The monoisotopic (exact) mass is 218 g/mol. The van der Waals surface area contributed by atoms with Crippen molar-refractivity contribution in [3.8, 4) is 0 Å². The van der Waals surface area contributed by atoms with E-state index >= 15 is 0 Å². The fraction of sp³-hybridized carbons (Fsp3) is 1.00. The summed E-state index contributed by atoms with van der Waals surface area (Å²) in [5.41, 5.74) is 0. The highest BCUT2D eigenvalue weighted by molar-refractivity contribution is 6.98. The van der Waals surface area contributed by atoms with Crippen LogP contribution in [0.5, 0.6) is 0 Å². The third-order valence-corrected chi connectivity index (χ3v) is 16.1. The minimum Gasteiger partial charge on any atom is -0.370 e. The molecule has 1 radical (unpaired) electrons. The Balaban J connectivity index is 4.70. The van der Waals surface area contributed by atoms with Gasteiger partial charge in [0.25, 0.3) is 0 Å². The molecule has 12 heavy (non-hydrogen) atoms. The van der Waals surface area contributed by atoms with E-state index in [2.05, 4.69) is 56.3 Å². The summed E-state index contributed by atoms with van der Waals surface area (Å²) in [6.45, 7) is 19.7. The SMILES string of the molecule is C[Si](C)N([Si](C)(C)C)[Si](C)(C)C. The molecule has 0 atom stereocenters. The lowest BCUT2D eigenvalue weighted by atomic mass is 11.8. The van der Waals surface area contributed by atoms with Gasteiger partial charge in [0, 0.05) is 0 Å². The fourth-order valence-electron chi connectivity index (χ4n) is 2.35. The predicted octanol–water partition coefficient (Wildman–Crippen LogP) is 3.21. The minimum absolute atomic E-state index is 0.231. The first kappa shape index (κ1) is 12.6. The molecular weight excluding hydrogens is 194 g/mol. The largest absolute Gasteiger partial charge is 0.370 e. The van der Waals surface area contributed by atoms with E-state index in [1.54, 1.807) is 0 Å². The molecule has 0 saturated heterocycles. The summed E-state index contributed by atoms with van der Waals surface area (Å²) in [4.78, 5) is 0. The second-order valence-corrected chi connectivity index (χ2v) is 18.9. The van der Waals surface area contributed by atoms with E-state index in [0.29, 0.717) is 0 Å². The van der Waals surface area contributed by atoms with E-state index in [1.807, 2.05) is 0 Å². The van der Waals surface area contributed by atoms with Gasteiger partial charge in [-0.15, -0.1) is 0 Å². The van der Waals surface area contributed by atoms with E-state index in [1.165, 1.54) is 0 Å². The maximum absolute atomic E-state index is 2.92. The lowest BCUT2D eigenvalue weighted by molar-refractivity contribution is 0.931. The van der Waals surface area contributed by atoms with Gasteiger partial charge in [-0.2, -0.15) is 0 Å². The first-order chi connectivity index (χ1) is 5.07. The maximum atomic E-state index is 2.92. The summed E-state index contributed by atoms with van der Waals surface area (Å²) in [6.07, 6.45) is 0. The van der Waals surface area contributed by atoms with Crippen LogP contribution in [0.2, 0.25) is 52.4 Å². The molecule has 0 rings (SSSR count). The average Bonchev–Trinajstić information content (AvgIpc) is 1.49. The Morgan fingerprint density at radius 1 is 0.750 bits per heavy atom. The second-order valence-electron chi connectivity index (χ2n) is 5.62. The molecule has 0 amide bonds. The van der Waals surface area contributed by atoms with Gasteiger partial charge < -0.3 is 3.90 Å². The van der Waals surface area contributed by atoms with Crippen LogP contribution >= 0.6 is 0 Å². The fourth-order valence-corrected chi connectivity index (χ4v) is 21.1. The molecule has 0 N–H and O–H groups in total. The Bertz CT molecular complexity index is 129. The molecule has 0 aliphatic heterocycles. The highest BCUT2D eigenvalue weighted by Gasteiger charge is 2.36. The van der Waals surface area contributed by atoms with E-state index in [9.17, 15) is 0 Å². The highest BCUT2D eigenvalue weighted by Crippen LogP contribution is 2.20. The number of hydrogen-bond donors (Lipinski definition) is 0. The Hall–Kier alpha value is 0.611. The van der Waals surface area contributed by atoms with Crippen molar-refractivity contribution in [2.45, 2.75) is 52.4 Å². The highest BCUT2D eigenvalue weighted by atomic mass is 28.5. The van der Waals surface area contributed by atoms with Crippen molar-refractivity contribution in [2.75, 3.05) is 0 Å². The Morgan fingerprint density at radius 2 is 1.00 bits per heavy atom. The normalized spacial score (nSPS) is 14.5. The summed E-state index contributed by atoms with van der Waals surface area (Å²) in [5.74, 6) is 0. The Morgan fingerprint density at radius 3 is 1.00 bits per heavy atom. The van der Waals surface area contributed by atoms with Crippen LogP contribution in [0.3, 0.4) is 0 Å². The van der Waals surface area contributed by atoms with Crippen molar-refractivity contribution < 1.29 is 0 Å². The van der Waals surface area contributed by atoms with E-state index in [-0.39, 0.29) is 8.96 Å². The smallest absolute Gasteiger partial charge is 0.115 e. The van der Waals surface area contributed by atoms with Crippen LogP contribution in [0.15, 0.2) is 0 Å². The van der Waals surface area contributed by atoms with Crippen molar-refractivity contribution in [2.24, 2.45) is 0 Å². The molecule has 0 heterocycles. The van der Waals surface area contributed by atoms with Crippen molar-refractivity contribution in [1.82, 2.24) is 3.90 Å². The van der Waals surface area contributed by atoms with Gasteiger partial charge in [0.2, 0.25) is 0 Å². The molecule has 1 nitrogen and oxygen atoms in total. The first-order valence-electron chi connectivity index (χ1n) is 4.67. The number of rotatable bonds is 3. The quantitative estimate of drug-likeness (QED) is 0.658. The van der Waals surface area contributed by atoms with Crippen LogP contribution in [0.1, 0.15) is 0 Å². The van der Waals surface area contributed by atoms with Crippen LogP contribution in [-0.4, -0.2) is 29.3 Å². The van der Waals surface area contributed by atoms with Gasteiger partial charge in [0.05, 0.1) is 0 Å². The first-order valence-corrected chi connectivity index (χ1v) is 14.0. The van der Waals surface area contributed by atoms with Gasteiger partial charge in [-0.3, -0.25) is 0 Å². The Labute approximate surface area is 82.0 Å². The van der Waals surface area contributed by atoms with E-state index < -0.39 is 16.5 Å². The van der Waals surface area contributed by atoms with Crippen LogP contribution < -0.4 is 0 Å². The van der Waals surface area contributed by atoms with Crippen LogP contribution in [0, 0.1) is 0 Å². The molecular formula is C8H24NSi3. The molecule has 0 spiro atoms. The lowest BCUT2D eigenvalue weighted by Crippen LogP contribution is -2.63. The Kier molecular flexibility index (Phi) is 3.97. The standard InChI is InChI=1S/C8H24NSi3/c1-10(2)9(11(3,4)5)12(6,7)8/h1-8H3. The van der Waals surface area contributed by atoms with Gasteiger partial charge in [-0.1, -0.05) is 52.4 Å². The van der Waals surface area contributed by atoms with Crippen LogP contribution in [-0.2, 0) is 0 Å². The summed E-state index contributed by atoms with van der Waals surface area (Å²) in [7, 11) is -2.32. The van der Waals surface area contributed by atoms with Crippen molar-refractivity contribution >= 4 is 25.4 Å². The van der Waals surface area contributed by atoms with Crippen LogP contribution in [0.25, 0.3) is 0 Å². The molecule has 73 valence electrons. The predicted molar refractivity (Wildman–Crippen MR) is 66.0 cm³/mol. The number of hydrogen-bond acceptors (Lipinski definition) is 1. The summed E-state index contributed by atoms with van der Waals surface area (Å²) in [5, 5.41) is 0. The second kappa shape index (κ2) is 3.77. The van der Waals surface area contributed by atoms with E-state index in [4.69, 9.17) is 0 Å². The van der Waals surface area contributed by atoms with E-state index in [0.717, 1.165) is 0 Å². The maximum Gasteiger partial charge on any atom is 0.115 e. The third-order valence-electron chi connectivity index (χ3n) is 1.79. The molecule has 0 saturated carbocycles. The summed E-state index contributed by atoms with van der Waals surface area (Å²) >= 11 is 0. The zero-order valence-electron chi connectivity index (χ0n) is 9.95. The zero-order valence-corrected chi connectivity index (χ0v) is 12.9. The lowest BCUT2D eigenvalue weighted by Gasteiger charge is -2.46. The van der Waals surface area contributed by atoms with Gasteiger partial charge in [0.15, 0.2) is 0 Å². The number of nitrogens with zero attached hydrogens (tertiary/aromatic N) is 1. The molecule has 0 aromatic carbocycles. The van der Waals surface area contributed by atoms with Gasteiger partial charge in [-0.05, 0) is 0 Å². The third kappa shape index (κ3) is 3.55. The molecule has 0 aromatic rings. The van der Waals surface area contributed by atoms with Gasteiger partial charge >= 0.3 is 0 Å². The molecule has 0 aliphatic rings. The zero-order chi connectivity index (χ0) is 10.2. The molecule has 0 aromatic heterocycles. The minimum atomic E-state index is -1.04. The van der Waals surface area contributed by atoms with Crippen LogP contribution in [0.4, 0.5) is 0 Å². The van der Waals surface area contributed by atoms with Crippen molar-refractivity contribution in [1.29, 1.82) is 0 Å². The molecule has 4 heteroatoms. The van der Waals surface area contributed by atoms with Crippen molar-refractivity contribution in [3.63, 3.8) is 0 Å². The molecule has 0 fully saturated rings. The average molecular weight is 219 g/mol. The van der Waals surface area contributed by atoms with Crippen molar-refractivity contribution in [3.05, 3.63) is 0 Å². The summed E-state index contributed by atoms with van der Waals surface area (Å²) < 4.78 is 2.92. The molecule has 0 bridgehead atoms. The van der Waals surface area contributed by atoms with Gasteiger partial charge in [-0.25, -0.2) is 0 Å². The van der Waals surface area contributed by atoms with Gasteiger partial charge in [0.1, 0.15) is 25.4 Å².